The number of nitrogens with zero attached hydrogens (tertiary/aromatic N) is 1. The highest BCUT2D eigenvalue weighted by Crippen LogP contribution is 2.32. The summed E-state index contributed by atoms with van der Waals surface area (Å²) >= 11 is 0. The average molecular weight is 367 g/mol. The van der Waals surface area contributed by atoms with Gasteiger partial charge < -0.3 is 11.1 Å². The van der Waals surface area contributed by atoms with E-state index >= 15 is 0 Å². The third kappa shape index (κ3) is 3.69. The molecule has 3 N–H and O–H groups in total. The van der Waals surface area contributed by atoms with Gasteiger partial charge in [-0.3, -0.25) is 9.59 Å². The van der Waals surface area contributed by atoms with Crippen molar-refractivity contribution in [3.05, 3.63) is 29.3 Å². The number of sulfonamides is 1. The highest BCUT2D eigenvalue weighted by atomic mass is 32.2. The summed E-state index contributed by atoms with van der Waals surface area (Å²) in [4.78, 5) is 24.6. The molecule has 0 aromatic heterocycles. The van der Waals surface area contributed by atoms with Gasteiger partial charge in [-0.1, -0.05) is 13.8 Å². The molecule has 7 nitrogen and oxygen atoms in total. The molecule has 1 aliphatic heterocycles. The Hall–Kier alpha value is -1.93. The smallest absolute Gasteiger partial charge is 0.269 e. The molecule has 0 spiro atoms. The summed E-state index contributed by atoms with van der Waals surface area (Å²) < 4.78 is 26.0. The summed E-state index contributed by atoms with van der Waals surface area (Å²) in [5, 5.41) is 2.82. The molecule has 2 amide bonds. The molecule has 0 bridgehead atoms. The monoisotopic (exact) mass is 367 g/mol. The van der Waals surface area contributed by atoms with Crippen molar-refractivity contribution >= 4 is 21.8 Å². The zero-order valence-electron chi connectivity index (χ0n) is 14.9. The highest BCUT2D eigenvalue weighted by Gasteiger charge is 2.42. The van der Waals surface area contributed by atoms with E-state index < -0.39 is 27.9 Å². The summed E-state index contributed by atoms with van der Waals surface area (Å²) in [7, 11) is -3.92. The van der Waals surface area contributed by atoms with Gasteiger partial charge in [0.25, 0.3) is 21.8 Å². The Labute approximate surface area is 148 Å². The van der Waals surface area contributed by atoms with Gasteiger partial charge in [0.1, 0.15) is 4.90 Å². The summed E-state index contributed by atoms with van der Waals surface area (Å²) in [6, 6.07) is 3.45. The predicted molar refractivity (Wildman–Crippen MR) is 94.7 cm³/mol. The lowest BCUT2D eigenvalue weighted by molar-refractivity contribution is 0.0845. The maximum Gasteiger partial charge on any atom is 0.269 e. The number of amides is 2. The lowest BCUT2D eigenvalue weighted by atomic mass is 10.0. The van der Waals surface area contributed by atoms with Gasteiger partial charge in [0.05, 0.1) is 5.56 Å². The Kier molecular flexibility index (Phi) is 5.53. The van der Waals surface area contributed by atoms with Crippen molar-refractivity contribution in [2.45, 2.75) is 51.1 Å². The largest absolute Gasteiger partial charge is 0.348 e. The van der Waals surface area contributed by atoms with Crippen molar-refractivity contribution in [1.29, 1.82) is 0 Å². The van der Waals surface area contributed by atoms with Crippen LogP contribution >= 0.6 is 0 Å². The van der Waals surface area contributed by atoms with Crippen LogP contribution in [0.25, 0.3) is 0 Å². The Morgan fingerprint density at radius 1 is 1.24 bits per heavy atom. The maximum atomic E-state index is 12.6. The zero-order valence-corrected chi connectivity index (χ0v) is 15.8. The number of benzene rings is 1. The molecule has 1 aliphatic rings. The molecule has 0 saturated carbocycles. The van der Waals surface area contributed by atoms with Crippen LogP contribution in [0.1, 0.15) is 54.8 Å². The minimum Gasteiger partial charge on any atom is -0.348 e. The number of nitrogens with one attached hydrogen (secondary N) is 1. The van der Waals surface area contributed by atoms with E-state index in [1.807, 2.05) is 13.8 Å². The van der Waals surface area contributed by atoms with E-state index in [0.29, 0.717) is 12.5 Å². The first-order valence-corrected chi connectivity index (χ1v) is 9.77. The fourth-order valence-electron chi connectivity index (χ4n) is 2.95. The second-order valence-corrected chi connectivity index (χ2v) is 8.73. The van der Waals surface area contributed by atoms with Crippen molar-refractivity contribution in [2.75, 3.05) is 6.54 Å². The Morgan fingerprint density at radius 2 is 1.88 bits per heavy atom. The van der Waals surface area contributed by atoms with E-state index in [-0.39, 0.29) is 22.1 Å². The van der Waals surface area contributed by atoms with E-state index in [0.717, 1.165) is 10.7 Å². The van der Waals surface area contributed by atoms with E-state index in [4.69, 9.17) is 5.73 Å². The molecule has 0 saturated heterocycles. The van der Waals surface area contributed by atoms with Crippen LogP contribution in [0.2, 0.25) is 0 Å². The van der Waals surface area contributed by atoms with Gasteiger partial charge in [0.15, 0.2) is 0 Å². The van der Waals surface area contributed by atoms with Gasteiger partial charge >= 0.3 is 0 Å². The van der Waals surface area contributed by atoms with E-state index in [1.165, 1.54) is 18.2 Å². The van der Waals surface area contributed by atoms with Crippen LogP contribution in [0.4, 0.5) is 0 Å². The summed E-state index contributed by atoms with van der Waals surface area (Å²) in [6.45, 7) is 7.62. The highest BCUT2D eigenvalue weighted by molar-refractivity contribution is 7.90. The Balaban J connectivity index is 2.33. The van der Waals surface area contributed by atoms with Gasteiger partial charge in [-0.25, -0.2) is 12.7 Å². The molecule has 1 aromatic rings. The van der Waals surface area contributed by atoms with Gasteiger partial charge in [-0.2, -0.15) is 0 Å². The molecular formula is C17H25N3O4S. The molecule has 138 valence electrons. The number of carbonyl (C=O) groups excluding carboxylic acids is 2. The van der Waals surface area contributed by atoms with E-state index in [9.17, 15) is 18.0 Å². The van der Waals surface area contributed by atoms with Gasteiger partial charge in [0.2, 0.25) is 0 Å². The first kappa shape index (κ1) is 19.4. The lowest BCUT2D eigenvalue weighted by Crippen LogP contribution is -2.41. The van der Waals surface area contributed by atoms with Crippen molar-refractivity contribution in [3.63, 3.8) is 0 Å². The van der Waals surface area contributed by atoms with Crippen molar-refractivity contribution in [3.8, 4) is 0 Å². The van der Waals surface area contributed by atoms with Crippen molar-refractivity contribution < 1.29 is 18.0 Å². The van der Waals surface area contributed by atoms with Crippen LogP contribution in [0, 0.1) is 5.92 Å². The van der Waals surface area contributed by atoms with E-state index in [2.05, 4.69) is 5.32 Å². The predicted octanol–water partition coefficient (Wildman–Crippen LogP) is 1.34. The quantitative estimate of drug-likeness (QED) is 0.788. The Bertz CT molecular complexity index is 787. The standard InChI is InChI=1S/C17H25N3O4S/c1-10(2)7-13(9-18)19-16(21)12-5-6-14-15(8-12)25(23,24)20(11(3)4)17(14)22/h5-6,8,10-11,13H,7,9,18H2,1-4H3,(H,19,21). The number of fused-ring (bicyclic) bond motifs is 1. The molecule has 8 heteroatoms. The molecular weight excluding hydrogens is 342 g/mol. The third-order valence-electron chi connectivity index (χ3n) is 4.06. The molecule has 0 aliphatic carbocycles. The normalized spacial score (nSPS) is 17.1. The van der Waals surface area contributed by atoms with Crippen LogP contribution in [0.3, 0.4) is 0 Å². The minimum absolute atomic E-state index is 0.0998. The van der Waals surface area contributed by atoms with Gasteiger partial charge in [-0.15, -0.1) is 0 Å². The van der Waals surface area contributed by atoms with Gasteiger partial charge in [-0.05, 0) is 44.4 Å². The van der Waals surface area contributed by atoms with Crippen LogP contribution in [0.15, 0.2) is 23.1 Å². The second-order valence-electron chi connectivity index (χ2n) is 6.95. The summed E-state index contributed by atoms with van der Waals surface area (Å²) in [5.41, 5.74) is 5.99. The molecule has 2 rings (SSSR count). The maximum absolute atomic E-state index is 12.6. The number of carbonyl (C=O) groups is 2. The number of nitrogens with two attached hydrogens (primary N) is 1. The van der Waals surface area contributed by atoms with Crippen molar-refractivity contribution in [1.82, 2.24) is 9.62 Å². The SMILES string of the molecule is CC(C)CC(CN)NC(=O)c1ccc2c(c1)S(=O)(=O)N(C(C)C)C2=O. The molecule has 1 heterocycles. The molecule has 0 radical (unpaired) electrons. The molecule has 25 heavy (non-hydrogen) atoms. The average Bonchev–Trinajstić information content (AvgIpc) is 2.72. The molecule has 1 atom stereocenters. The minimum atomic E-state index is -3.92. The van der Waals surface area contributed by atoms with Crippen LogP contribution in [-0.4, -0.2) is 43.2 Å². The fourth-order valence-corrected chi connectivity index (χ4v) is 4.74. The van der Waals surface area contributed by atoms with Gasteiger partial charge in [0, 0.05) is 24.2 Å². The Morgan fingerprint density at radius 3 is 2.40 bits per heavy atom. The zero-order chi connectivity index (χ0) is 18.9. The summed E-state index contributed by atoms with van der Waals surface area (Å²) in [5.74, 6) is -0.590. The van der Waals surface area contributed by atoms with E-state index in [1.54, 1.807) is 13.8 Å². The molecule has 1 aromatic carbocycles. The number of rotatable bonds is 6. The number of hydrogen-bond acceptors (Lipinski definition) is 5. The third-order valence-corrected chi connectivity index (χ3v) is 6.05. The van der Waals surface area contributed by atoms with Crippen LogP contribution in [0.5, 0.6) is 0 Å². The molecule has 1 unspecified atom stereocenters. The first-order chi connectivity index (χ1) is 11.6. The lowest BCUT2D eigenvalue weighted by Gasteiger charge is -2.19. The van der Waals surface area contributed by atoms with Crippen LogP contribution in [-0.2, 0) is 10.0 Å². The first-order valence-electron chi connectivity index (χ1n) is 8.33. The summed E-state index contributed by atoms with van der Waals surface area (Å²) in [6.07, 6.45) is 0.727. The molecule has 0 fully saturated rings. The van der Waals surface area contributed by atoms with Crippen molar-refractivity contribution in [2.24, 2.45) is 11.7 Å². The van der Waals surface area contributed by atoms with Crippen LogP contribution < -0.4 is 11.1 Å². The second kappa shape index (κ2) is 7.13. The number of hydrogen-bond donors (Lipinski definition) is 2. The fraction of sp³-hybridized carbons (Fsp3) is 0.529. The topological polar surface area (TPSA) is 110 Å².